The molecule has 3 aromatic rings. The molecular weight excluding hydrogens is 400 g/mol. The number of sulfone groups is 1. The number of aromatic nitrogens is 2. The van der Waals surface area contributed by atoms with Crippen molar-refractivity contribution in [3.63, 3.8) is 0 Å². The third kappa shape index (κ3) is 4.17. The fraction of sp³-hybridized carbons (Fsp3) is 0.435. The van der Waals surface area contributed by atoms with E-state index in [9.17, 15) is 13.2 Å². The lowest BCUT2D eigenvalue weighted by Gasteiger charge is -2.14. The van der Waals surface area contributed by atoms with Crippen LogP contribution in [-0.2, 0) is 16.9 Å². The molecule has 160 valence electrons. The van der Waals surface area contributed by atoms with E-state index >= 15 is 0 Å². The van der Waals surface area contributed by atoms with Gasteiger partial charge >= 0.3 is 0 Å². The van der Waals surface area contributed by atoms with Crippen LogP contribution < -0.4 is 10.3 Å². The minimum Gasteiger partial charge on any atom is -0.493 e. The van der Waals surface area contributed by atoms with E-state index < -0.39 is 9.84 Å². The zero-order chi connectivity index (χ0) is 21.3. The average molecular weight is 429 g/mol. The van der Waals surface area contributed by atoms with Gasteiger partial charge in [-0.2, -0.15) is 0 Å². The third-order valence-corrected chi connectivity index (χ3v) is 7.19. The second kappa shape index (κ2) is 8.30. The van der Waals surface area contributed by atoms with E-state index in [1.54, 1.807) is 37.6 Å². The summed E-state index contributed by atoms with van der Waals surface area (Å²) in [5.41, 5.74) is 1.81. The number of ether oxygens (including phenoxy) is 1. The molecule has 1 aliphatic rings. The number of rotatable bonds is 7. The summed E-state index contributed by atoms with van der Waals surface area (Å²) >= 11 is 0. The minimum absolute atomic E-state index is 0.128. The van der Waals surface area contributed by atoms with Crippen LogP contribution in [0.5, 0.6) is 5.75 Å². The average Bonchev–Trinajstić information content (AvgIpc) is 3.37. The van der Waals surface area contributed by atoms with Crippen molar-refractivity contribution in [2.45, 2.75) is 43.4 Å². The number of H-pyrrole nitrogens is 1. The van der Waals surface area contributed by atoms with Crippen LogP contribution in [-0.4, -0.2) is 30.8 Å². The third-order valence-electron chi connectivity index (χ3n) is 6.08. The summed E-state index contributed by atoms with van der Waals surface area (Å²) < 4.78 is 31.9. The van der Waals surface area contributed by atoms with E-state index in [1.165, 1.54) is 42.9 Å². The van der Waals surface area contributed by atoms with Gasteiger partial charge in [0.05, 0.1) is 11.5 Å². The molecule has 0 bridgehead atoms. The Morgan fingerprint density at radius 2 is 1.93 bits per heavy atom. The number of benzene rings is 1. The lowest BCUT2D eigenvalue weighted by atomic mass is 10.0. The molecule has 0 unspecified atom stereocenters. The molecule has 0 saturated heterocycles. The molecule has 2 aromatic heterocycles. The highest BCUT2D eigenvalue weighted by atomic mass is 32.2. The van der Waals surface area contributed by atoms with Crippen molar-refractivity contribution in [1.82, 2.24) is 9.55 Å². The lowest BCUT2D eigenvalue weighted by Crippen LogP contribution is -2.15. The number of aryl methyl sites for hydroxylation is 1. The molecule has 0 atom stereocenters. The molecule has 6 nitrogen and oxygen atoms in total. The lowest BCUT2D eigenvalue weighted by molar-refractivity contribution is 0.293. The largest absolute Gasteiger partial charge is 0.493 e. The fourth-order valence-corrected chi connectivity index (χ4v) is 5.01. The Morgan fingerprint density at radius 1 is 1.17 bits per heavy atom. The molecular formula is C23H28N2O4S. The first-order valence-electron chi connectivity index (χ1n) is 10.5. The van der Waals surface area contributed by atoms with Gasteiger partial charge in [0, 0.05) is 42.2 Å². The molecule has 1 fully saturated rings. The Morgan fingerprint density at radius 3 is 2.67 bits per heavy atom. The zero-order valence-electron chi connectivity index (χ0n) is 17.5. The van der Waals surface area contributed by atoms with Gasteiger partial charge in [-0.05, 0) is 43.0 Å². The van der Waals surface area contributed by atoms with Crippen molar-refractivity contribution in [1.29, 1.82) is 0 Å². The number of hydrogen-bond donors (Lipinski definition) is 1. The van der Waals surface area contributed by atoms with Crippen LogP contribution in [0.3, 0.4) is 0 Å². The van der Waals surface area contributed by atoms with Crippen molar-refractivity contribution in [3.05, 3.63) is 47.0 Å². The van der Waals surface area contributed by atoms with Crippen LogP contribution in [0.2, 0.25) is 0 Å². The highest BCUT2D eigenvalue weighted by molar-refractivity contribution is 7.90. The second-order valence-electron chi connectivity index (χ2n) is 8.29. The number of pyridine rings is 1. The number of hydrogen-bond acceptors (Lipinski definition) is 4. The van der Waals surface area contributed by atoms with Crippen molar-refractivity contribution < 1.29 is 13.2 Å². The summed E-state index contributed by atoms with van der Waals surface area (Å²) in [5.74, 6) is 1.45. The SMILES string of the molecule is Cn1ccc2c(-c3cc(S(C)(=O)=O)ccc3OCCCC3CCCC3)c[nH]c2c1=O. The molecule has 1 aromatic carbocycles. The maximum Gasteiger partial charge on any atom is 0.274 e. The predicted molar refractivity (Wildman–Crippen MR) is 119 cm³/mol. The summed E-state index contributed by atoms with van der Waals surface area (Å²) in [6.07, 6.45) is 12.1. The summed E-state index contributed by atoms with van der Waals surface area (Å²) in [7, 11) is -1.67. The van der Waals surface area contributed by atoms with Crippen molar-refractivity contribution in [2.75, 3.05) is 12.9 Å². The number of fused-ring (bicyclic) bond motifs is 1. The highest BCUT2D eigenvalue weighted by Gasteiger charge is 2.18. The van der Waals surface area contributed by atoms with E-state index in [1.807, 2.05) is 6.07 Å². The first-order valence-corrected chi connectivity index (χ1v) is 12.4. The predicted octanol–water partition coefficient (Wildman–Crippen LogP) is 4.29. The standard InChI is InChI=1S/C23H28N2O4S/c1-25-12-11-18-20(15-24-22(18)23(25)26)19-14-17(30(2,27)28)9-10-21(19)29-13-5-8-16-6-3-4-7-16/h9-12,14-16,24H,3-8,13H2,1-2H3. The summed E-state index contributed by atoms with van der Waals surface area (Å²) in [6, 6.07) is 6.81. The molecule has 4 rings (SSSR count). The minimum atomic E-state index is -3.37. The molecule has 0 spiro atoms. The van der Waals surface area contributed by atoms with Gasteiger partial charge in [-0.15, -0.1) is 0 Å². The second-order valence-corrected chi connectivity index (χ2v) is 10.3. The number of aromatic amines is 1. The van der Waals surface area contributed by atoms with Crippen LogP contribution in [0, 0.1) is 5.92 Å². The smallest absolute Gasteiger partial charge is 0.274 e. The van der Waals surface area contributed by atoms with E-state index in [2.05, 4.69) is 4.98 Å². The summed E-state index contributed by atoms with van der Waals surface area (Å²) in [5, 5.41) is 0.750. The van der Waals surface area contributed by atoms with Crippen LogP contribution >= 0.6 is 0 Å². The van der Waals surface area contributed by atoms with Gasteiger partial charge in [-0.1, -0.05) is 25.7 Å². The van der Waals surface area contributed by atoms with Crippen LogP contribution in [0.4, 0.5) is 0 Å². The molecule has 0 amide bonds. The molecule has 1 aliphatic carbocycles. The molecule has 1 saturated carbocycles. The summed E-state index contributed by atoms with van der Waals surface area (Å²) in [6.45, 7) is 0.589. The van der Waals surface area contributed by atoms with Gasteiger partial charge in [-0.25, -0.2) is 8.42 Å². The van der Waals surface area contributed by atoms with Crippen molar-refractivity contribution in [3.8, 4) is 16.9 Å². The van der Waals surface area contributed by atoms with Crippen LogP contribution in [0.25, 0.3) is 22.0 Å². The van der Waals surface area contributed by atoms with Gasteiger partial charge in [-0.3, -0.25) is 4.79 Å². The van der Waals surface area contributed by atoms with Crippen LogP contribution in [0.15, 0.2) is 46.3 Å². The van der Waals surface area contributed by atoms with E-state index in [0.717, 1.165) is 23.3 Å². The van der Waals surface area contributed by atoms with Gasteiger partial charge in [0.15, 0.2) is 9.84 Å². The molecule has 7 heteroatoms. The highest BCUT2D eigenvalue weighted by Crippen LogP contribution is 2.36. The monoisotopic (exact) mass is 428 g/mol. The van der Waals surface area contributed by atoms with E-state index in [4.69, 9.17) is 4.74 Å². The Labute approximate surface area is 176 Å². The molecule has 0 radical (unpaired) electrons. The molecule has 30 heavy (non-hydrogen) atoms. The zero-order valence-corrected chi connectivity index (χ0v) is 18.3. The Hall–Kier alpha value is -2.54. The van der Waals surface area contributed by atoms with Gasteiger partial charge in [0.1, 0.15) is 11.3 Å². The quantitative estimate of drug-likeness (QED) is 0.569. The van der Waals surface area contributed by atoms with Crippen molar-refractivity contribution in [2.24, 2.45) is 13.0 Å². The Kier molecular flexibility index (Phi) is 5.73. The maximum absolute atomic E-state index is 12.4. The molecule has 2 heterocycles. The fourth-order valence-electron chi connectivity index (χ4n) is 4.37. The number of nitrogens with zero attached hydrogens (tertiary/aromatic N) is 1. The van der Waals surface area contributed by atoms with Gasteiger partial charge in [0.2, 0.25) is 0 Å². The Balaban J connectivity index is 1.67. The molecule has 0 aliphatic heterocycles. The van der Waals surface area contributed by atoms with E-state index in [-0.39, 0.29) is 10.5 Å². The van der Waals surface area contributed by atoms with Gasteiger partial charge < -0.3 is 14.3 Å². The van der Waals surface area contributed by atoms with Crippen molar-refractivity contribution >= 4 is 20.7 Å². The number of nitrogens with one attached hydrogen (secondary N) is 1. The Bertz CT molecular complexity index is 1220. The van der Waals surface area contributed by atoms with Gasteiger partial charge in [0.25, 0.3) is 5.56 Å². The first kappa shape index (κ1) is 20.7. The normalized spacial score (nSPS) is 15.1. The molecule has 1 N–H and O–H groups in total. The topological polar surface area (TPSA) is 81.2 Å². The summed E-state index contributed by atoms with van der Waals surface area (Å²) in [4.78, 5) is 15.7. The maximum atomic E-state index is 12.4. The van der Waals surface area contributed by atoms with Crippen LogP contribution in [0.1, 0.15) is 38.5 Å². The van der Waals surface area contributed by atoms with E-state index in [0.29, 0.717) is 23.4 Å². The first-order chi connectivity index (χ1) is 14.3.